The van der Waals surface area contributed by atoms with Crippen LogP contribution in [-0.4, -0.2) is 21.6 Å². The Labute approximate surface area is 163 Å². The largest absolute Gasteiger partial charge is 0.364 e. The van der Waals surface area contributed by atoms with Gasteiger partial charge in [-0.25, -0.2) is 4.98 Å². The fourth-order valence-electron chi connectivity index (χ4n) is 3.16. The fourth-order valence-corrected chi connectivity index (χ4v) is 3.38. The molecule has 0 N–H and O–H groups in total. The molecule has 0 bridgehead atoms. The molecule has 0 saturated carbocycles. The third-order valence-electron chi connectivity index (χ3n) is 4.34. The van der Waals surface area contributed by atoms with Crippen molar-refractivity contribution in [1.29, 1.82) is 0 Å². The number of hydrogen-bond acceptors (Lipinski definition) is 3. The summed E-state index contributed by atoms with van der Waals surface area (Å²) in [7, 11) is 1.68. The second-order valence-electron chi connectivity index (χ2n) is 6.06. The third-order valence-corrected chi connectivity index (χ3v) is 4.67. The molecule has 0 unspecified atom stereocenters. The van der Waals surface area contributed by atoms with Crippen molar-refractivity contribution in [1.82, 2.24) is 14.5 Å². The minimum atomic E-state index is 0.374. The van der Waals surface area contributed by atoms with Gasteiger partial charge in [0.2, 0.25) is 0 Å². The van der Waals surface area contributed by atoms with Crippen LogP contribution in [-0.2, 0) is 11.5 Å². The first-order valence-electron chi connectivity index (χ1n) is 8.60. The van der Waals surface area contributed by atoms with Crippen LogP contribution in [0.25, 0.3) is 33.9 Å². The van der Waals surface area contributed by atoms with Crippen molar-refractivity contribution in [2.75, 3.05) is 7.11 Å². The lowest BCUT2D eigenvalue weighted by Crippen LogP contribution is -2.04. The normalized spacial score (nSPS) is 10.9. The second kappa shape index (κ2) is 7.74. The Hall–Kier alpha value is -2.95. The molecule has 5 heteroatoms. The Bertz CT molecular complexity index is 1050. The van der Waals surface area contributed by atoms with Gasteiger partial charge in [0, 0.05) is 36.2 Å². The molecule has 0 spiro atoms. The minimum Gasteiger partial charge on any atom is -0.364 e. The maximum Gasteiger partial charge on any atom is 0.143 e. The summed E-state index contributed by atoms with van der Waals surface area (Å²) in [6.07, 6.45) is 3.55. The molecule has 0 aliphatic carbocycles. The molecule has 4 nitrogen and oxygen atoms in total. The number of aromatic nitrogens is 3. The van der Waals surface area contributed by atoms with Crippen LogP contribution in [0.5, 0.6) is 0 Å². The number of rotatable bonds is 5. The van der Waals surface area contributed by atoms with Crippen molar-refractivity contribution in [3.8, 4) is 33.9 Å². The second-order valence-corrected chi connectivity index (χ2v) is 6.47. The van der Waals surface area contributed by atoms with Crippen LogP contribution in [0.1, 0.15) is 0 Å². The van der Waals surface area contributed by atoms with Crippen LogP contribution in [0, 0.1) is 0 Å². The SMILES string of the molecule is COCn1c(-c2ccccc2)nc(-c2ccccc2Cl)c1-c1ccncc1. The molecule has 2 aromatic carbocycles. The van der Waals surface area contributed by atoms with Crippen LogP contribution < -0.4 is 0 Å². The van der Waals surface area contributed by atoms with E-state index >= 15 is 0 Å². The van der Waals surface area contributed by atoms with Gasteiger partial charge in [0.05, 0.1) is 16.4 Å². The number of benzene rings is 2. The molecule has 2 heterocycles. The molecule has 134 valence electrons. The summed E-state index contributed by atoms with van der Waals surface area (Å²) in [5, 5.41) is 0.662. The van der Waals surface area contributed by atoms with Crippen LogP contribution in [0.3, 0.4) is 0 Å². The molecule has 0 radical (unpaired) electrons. The van der Waals surface area contributed by atoms with E-state index in [0.29, 0.717) is 11.8 Å². The lowest BCUT2D eigenvalue weighted by Gasteiger charge is -2.12. The predicted molar refractivity (Wildman–Crippen MR) is 108 cm³/mol. The highest BCUT2D eigenvalue weighted by molar-refractivity contribution is 6.33. The summed E-state index contributed by atoms with van der Waals surface area (Å²) in [6, 6.07) is 21.8. The van der Waals surface area contributed by atoms with Crippen LogP contribution in [0.2, 0.25) is 5.02 Å². The summed E-state index contributed by atoms with van der Waals surface area (Å²) < 4.78 is 7.58. The molecule has 4 aromatic rings. The van der Waals surface area contributed by atoms with Gasteiger partial charge in [-0.1, -0.05) is 60.1 Å². The zero-order valence-electron chi connectivity index (χ0n) is 14.8. The van der Waals surface area contributed by atoms with Gasteiger partial charge in [-0.2, -0.15) is 0 Å². The van der Waals surface area contributed by atoms with Crippen LogP contribution in [0.15, 0.2) is 79.1 Å². The number of hydrogen-bond donors (Lipinski definition) is 0. The quantitative estimate of drug-likeness (QED) is 0.460. The number of methoxy groups -OCH3 is 1. The van der Waals surface area contributed by atoms with E-state index in [-0.39, 0.29) is 0 Å². The highest BCUT2D eigenvalue weighted by Crippen LogP contribution is 2.38. The molecule has 0 aliphatic heterocycles. The van der Waals surface area contributed by atoms with E-state index in [1.807, 2.05) is 66.7 Å². The van der Waals surface area contributed by atoms with Crippen molar-refractivity contribution >= 4 is 11.6 Å². The number of imidazole rings is 1. The van der Waals surface area contributed by atoms with Gasteiger partial charge in [0.15, 0.2) is 0 Å². The van der Waals surface area contributed by atoms with E-state index in [0.717, 1.165) is 33.9 Å². The minimum absolute atomic E-state index is 0.374. The Morgan fingerprint density at radius 2 is 1.59 bits per heavy atom. The zero-order valence-corrected chi connectivity index (χ0v) is 15.6. The van der Waals surface area contributed by atoms with Crippen molar-refractivity contribution in [3.63, 3.8) is 0 Å². The summed E-state index contributed by atoms with van der Waals surface area (Å²) in [6.45, 7) is 0.374. The Morgan fingerprint density at radius 1 is 0.889 bits per heavy atom. The molecule has 0 saturated heterocycles. The van der Waals surface area contributed by atoms with Gasteiger partial charge >= 0.3 is 0 Å². The molecular weight excluding hydrogens is 358 g/mol. The molecule has 27 heavy (non-hydrogen) atoms. The van der Waals surface area contributed by atoms with Gasteiger partial charge in [-0.3, -0.25) is 9.55 Å². The molecular formula is C22H18ClN3O. The van der Waals surface area contributed by atoms with Crippen molar-refractivity contribution in [2.45, 2.75) is 6.73 Å². The van der Waals surface area contributed by atoms with E-state index in [2.05, 4.69) is 9.55 Å². The Morgan fingerprint density at radius 3 is 2.30 bits per heavy atom. The lowest BCUT2D eigenvalue weighted by atomic mass is 10.1. The van der Waals surface area contributed by atoms with E-state index in [4.69, 9.17) is 21.3 Å². The lowest BCUT2D eigenvalue weighted by molar-refractivity contribution is 0.133. The zero-order chi connectivity index (χ0) is 18.6. The number of pyridine rings is 1. The van der Waals surface area contributed by atoms with Gasteiger partial charge in [0.25, 0.3) is 0 Å². The smallest absolute Gasteiger partial charge is 0.143 e. The average molecular weight is 376 g/mol. The van der Waals surface area contributed by atoms with Gasteiger partial charge in [-0.15, -0.1) is 0 Å². The summed E-state index contributed by atoms with van der Waals surface area (Å²) >= 11 is 6.51. The first kappa shape index (κ1) is 17.5. The Kier molecular flexibility index (Phi) is 5.01. The number of halogens is 1. The Balaban J connectivity index is 2.04. The third kappa shape index (κ3) is 3.37. The monoisotopic (exact) mass is 375 g/mol. The molecule has 0 amide bonds. The molecule has 2 aromatic heterocycles. The standard InChI is InChI=1S/C22H18ClN3O/c1-27-15-26-21(16-11-13-24-14-12-16)20(18-9-5-6-10-19(18)23)25-22(26)17-7-3-2-4-8-17/h2-14H,15H2,1H3. The van der Waals surface area contributed by atoms with E-state index in [1.54, 1.807) is 19.5 Å². The maximum absolute atomic E-state index is 6.51. The average Bonchev–Trinajstić information content (AvgIpc) is 3.09. The van der Waals surface area contributed by atoms with Crippen molar-refractivity contribution in [2.24, 2.45) is 0 Å². The number of ether oxygens (including phenoxy) is 1. The van der Waals surface area contributed by atoms with E-state index < -0.39 is 0 Å². The topological polar surface area (TPSA) is 39.9 Å². The first-order chi connectivity index (χ1) is 13.3. The predicted octanol–water partition coefficient (Wildman–Crippen LogP) is 5.54. The molecule has 4 rings (SSSR count). The summed E-state index contributed by atoms with van der Waals surface area (Å²) in [5.41, 5.74) is 4.68. The van der Waals surface area contributed by atoms with Gasteiger partial charge in [0.1, 0.15) is 12.6 Å². The highest BCUT2D eigenvalue weighted by atomic mass is 35.5. The summed E-state index contributed by atoms with van der Waals surface area (Å²) in [4.78, 5) is 9.13. The molecule has 0 aliphatic rings. The van der Waals surface area contributed by atoms with Crippen molar-refractivity contribution in [3.05, 3.63) is 84.1 Å². The first-order valence-corrected chi connectivity index (χ1v) is 8.97. The maximum atomic E-state index is 6.51. The molecule has 0 fully saturated rings. The molecule has 0 atom stereocenters. The van der Waals surface area contributed by atoms with Crippen LogP contribution >= 0.6 is 11.6 Å². The summed E-state index contributed by atoms with van der Waals surface area (Å²) in [5.74, 6) is 0.833. The van der Waals surface area contributed by atoms with Gasteiger partial charge in [-0.05, 0) is 18.2 Å². The number of nitrogens with zero attached hydrogens (tertiary/aromatic N) is 3. The van der Waals surface area contributed by atoms with Gasteiger partial charge < -0.3 is 4.74 Å². The van der Waals surface area contributed by atoms with E-state index in [9.17, 15) is 0 Å². The van der Waals surface area contributed by atoms with Crippen LogP contribution in [0.4, 0.5) is 0 Å². The van der Waals surface area contributed by atoms with Crippen molar-refractivity contribution < 1.29 is 4.74 Å². The fraction of sp³-hybridized carbons (Fsp3) is 0.0909. The van der Waals surface area contributed by atoms with E-state index in [1.165, 1.54) is 0 Å². The highest BCUT2D eigenvalue weighted by Gasteiger charge is 2.22.